The number of hydrogen-bond donors (Lipinski definition) is 2. The van der Waals surface area contributed by atoms with Gasteiger partial charge in [-0.1, -0.05) is 36.0 Å². The Morgan fingerprint density at radius 2 is 1.77 bits per heavy atom. The monoisotopic (exact) mass is 469 g/mol. The van der Waals surface area contributed by atoms with E-state index >= 15 is 0 Å². The number of H-pyrrole nitrogens is 1. The molecule has 31 heavy (non-hydrogen) atoms. The largest absolute Gasteiger partial charge is 0.465 e. The van der Waals surface area contributed by atoms with E-state index < -0.39 is 0 Å². The first-order chi connectivity index (χ1) is 15.1. The van der Waals surface area contributed by atoms with E-state index in [2.05, 4.69) is 21.1 Å². The van der Waals surface area contributed by atoms with E-state index in [-0.39, 0.29) is 17.6 Å². The number of amides is 1. The van der Waals surface area contributed by atoms with Crippen LogP contribution in [0.2, 0.25) is 0 Å². The van der Waals surface area contributed by atoms with Gasteiger partial charge in [0.05, 0.1) is 33.9 Å². The van der Waals surface area contributed by atoms with E-state index in [1.54, 1.807) is 46.9 Å². The van der Waals surface area contributed by atoms with Crippen molar-refractivity contribution in [2.45, 2.75) is 11.7 Å². The molecule has 0 unspecified atom stereocenters. The predicted octanol–water partition coefficient (Wildman–Crippen LogP) is 5.06. The zero-order valence-corrected chi connectivity index (χ0v) is 19.0. The Bertz CT molecular complexity index is 1100. The van der Waals surface area contributed by atoms with Crippen LogP contribution in [0.1, 0.15) is 15.9 Å². The molecule has 4 rings (SSSR count). The van der Waals surface area contributed by atoms with Crippen LogP contribution in [-0.2, 0) is 16.1 Å². The van der Waals surface area contributed by atoms with Gasteiger partial charge in [0.25, 0.3) is 0 Å². The fourth-order valence-electron chi connectivity index (χ4n) is 2.87. The van der Waals surface area contributed by atoms with Crippen LogP contribution >= 0.6 is 34.4 Å². The van der Waals surface area contributed by atoms with Gasteiger partial charge in [-0.2, -0.15) is 0 Å². The number of thioether (sulfide) groups is 1. The number of carbonyl (C=O) groups is 2. The van der Waals surface area contributed by atoms with Gasteiger partial charge in [0.1, 0.15) is 5.69 Å². The first kappa shape index (κ1) is 21.4. The molecule has 9 heteroatoms. The standard InChI is InChI=1S/C22H19N3O3S3/c1-28-21(27)15-8-6-14(7-9-15)12-23-18(26)13-31-22-24-19(16-4-2-10-29-16)20(25-22)17-5-3-11-30-17/h2-11H,12-13H2,1H3,(H,23,26)(H,24,25). The second-order valence-electron chi connectivity index (χ2n) is 6.47. The first-order valence-corrected chi connectivity index (χ1v) is 12.1. The van der Waals surface area contributed by atoms with Crippen LogP contribution < -0.4 is 5.32 Å². The van der Waals surface area contributed by atoms with Crippen molar-refractivity contribution in [2.75, 3.05) is 12.9 Å². The van der Waals surface area contributed by atoms with Gasteiger partial charge in [-0.05, 0) is 40.6 Å². The number of esters is 1. The van der Waals surface area contributed by atoms with Gasteiger partial charge in [0.15, 0.2) is 5.16 Å². The number of benzene rings is 1. The second kappa shape index (κ2) is 9.95. The Kier molecular flexibility index (Phi) is 6.86. The lowest BCUT2D eigenvalue weighted by Crippen LogP contribution is -2.24. The van der Waals surface area contributed by atoms with Gasteiger partial charge >= 0.3 is 5.97 Å². The molecule has 158 valence electrons. The lowest BCUT2D eigenvalue weighted by atomic mass is 10.1. The van der Waals surface area contributed by atoms with E-state index in [0.717, 1.165) is 26.7 Å². The zero-order valence-electron chi connectivity index (χ0n) is 16.6. The highest BCUT2D eigenvalue weighted by molar-refractivity contribution is 7.99. The number of rotatable bonds is 8. The lowest BCUT2D eigenvalue weighted by Gasteiger charge is -2.05. The number of methoxy groups -OCH3 is 1. The minimum Gasteiger partial charge on any atom is -0.465 e. The molecule has 3 heterocycles. The maximum absolute atomic E-state index is 12.3. The molecule has 0 saturated heterocycles. The van der Waals surface area contributed by atoms with Gasteiger partial charge in [0, 0.05) is 6.54 Å². The molecule has 3 aromatic heterocycles. The van der Waals surface area contributed by atoms with Crippen molar-refractivity contribution in [3.8, 4) is 21.1 Å². The summed E-state index contributed by atoms with van der Waals surface area (Å²) in [7, 11) is 1.35. The van der Waals surface area contributed by atoms with Crippen LogP contribution in [0, 0.1) is 0 Å². The smallest absolute Gasteiger partial charge is 0.337 e. The Morgan fingerprint density at radius 1 is 1.06 bits per heavy atom. The van der Waals surface area contributed by atoms with Gasteiger partial charge in [-0.15, -0.1) is 22.7 Å². The number of nitrogens with one attached hydrogen (secondary N) is 2. The van der Waals surface area contributed by atoms with E-state index in [4.69, 9.17) is 4.98 Å². The number of hydrogen-bond acceptors (Lipinski definition) is 7. The van der Waals surface area contributed by atoms with E-state index in [0.29, 0.717) is 17.3 Å². The highest BCUT2D eigenvalue weighted by Gasteiger charge is 2.16. The van der Waals surface area contributed by atoms with Crippen LogP contribution in [0.25, 0.3) is 21.1 Å². The molecule has 0 atom stereocenters. The Balaban J connectivity index is 1.36. The lowest BCUT2D eigenvalue weighted by molar-refractivity contribution is -0.118. The fourth-order valence-corrected chi connectivity index (χ4v) is 5.02. The van der Waals surface area contributed by atoms with Gasteiger partial charge in [0.2, 0.25) is 5.91 Å². The Labute approximate surface area is 191 Å². The third-order valence-corrected chi connectivity index (χ3v) is 7.05. The molecule has 2 N–H and O–H groups in total. The number of imidazole rings is 1. The van der Waals surface area contributed by atoms with Crippen LogP contribution in [0.3, 0.4) is 0 Å². The van der Waals surface area contributed by atoms with Crippen LogP contribution in [0.5, 0.6) is 0 Å². The number of aromatic nitrogens is 2. The van der Waals surface area contributed by atoms with E-state index in [1.807, 2.05) is 29.0 Å². The normalized spacial score (nSPS) is 10.7. The molecule has 0 spiro atoms. The van der Waals surface area contributed by atoms with Crippen molar-refractivity contribution in [3.63, 3.8) is 0 Å². The van der Waals surface area contributed by atoms with Gasteiger partial charge in [-0.3, -0.25) is 4.79 Å². The molecule has 4 aromatic rings. The summed E-state index contributed by atoms with van der Waals surface area (Å²) >= 11 is 4.66. The molecule has 0 aliphatic heterocycles. The molecule has 0 saturated carbocycles. The zero-order chi connectivity index (χ0) is 21.6. The summed E-state index contributed by atoms with van der Waals surface area (Å²) in [5.74, 6) is -0.218. The second-order valence-corrected chi connectivity index (χ2v) is 9.33. The summed E-state index contributed by atoms with van der Waals surface area (Å²) in [6, 6.07) is 15.1. The van der Waals surface area contributed by atoms with Crippen LogP contribution in [0.15, 0.2) is 64.4 Å². The number of nitrogens with zero attached hydrogens (tertiary/aromatic N) is 1. The average Bonchev–Trinajstić information content (AvgIpc) is 3.56. The topological polar surface area (TPSA) is 84.1 Å². The molecule has 0 bridgehead atoms. The maximum atomic E-state index is 12.3. The van der Waals surface area contributed by atoms with Crippen LogP contribution in [-0.4, -0.2) is 34.7 Å². The number of ether oxygens (including phenoxy) is 1. The number of thiophene rings is 2. The maximum Gasteiger partial charge on any atom is 0.337 e. The number of aromatic amines is 1. The predicted molar refractivity (Wildman–Crippen MR) is 126 cm³/mol. The minimum absolute atomic E-state index is 0.0891. The number of carbonyl (C=O) groups excluding carboxylic acids is 2. The summed E-state index contributed by atoms with van der Waals surface area (Å²) in [5.41, 5.74) is 3.27. The third-order valence-electron chi connectivity index (χ3n) is 4.41. The van der Waals surface area contributed by atoms with Gasteiger partial charge < -0.3 is 15.0 Å². The Hall–Kier alpha value is -2.88. The van der Waals surface area contributed by atoms with Crippen molar-refractivity contribution < 1.29 is 14.3 Å². The molecule has 1 amide bonds. The highest BCUT2D eigenvalue weighted by Crippen LogP contribution is 2.36. The van der Waals surface area contributed by atoms with Crippen molar-refractivity contribution in [2.24, 2.45) is 0 Å². The van der Waals surface area contributed by atoms with Crippen molar-refractivity contribution >= 4 is 46.3 Å². The van der Waals surface area contributed by atoms with Crippen molar-refractivity contribution in [1.29, 1.82) is 0 Å². The van der Waals surface area contributed by atoms with E-state index in [1.165, 1.54) is 18.9 Å². The van der Waals surface area contributed by atoms with Crippen LogP contribution in [0.4, 0.5) is 0 Å². The first-order valence-electron chi connectivity index (χ1n) is 9.38. The Morgan fingerprint density at radius 3 is 2.42 bits per heavy atom. The fraction of sp³-hybridized carbons (Fsp3) is 0.136. The SMILES string of the molecule is COC(=O)c1ccc(CNC(=O)CSc2nc(-c3cccs3)c(-c3cccs3)[nH]2)cc1. The molecular weight excluding hydrogens is 450 g/mol. The summed E-state index contributed by atoms with van der Waals surface area (Å²) < 4.78 is 4.69. The third kappa shape index (κ3) is 5.25. The highest BCUT2D eigenvalue weighted by atomic mass is 32.2. The average molecular weight is 470 g/mol. The molecule has 0 aliphatic carbocycles. The summed E-state index contributed by atoms with van der Waals surface area (Å²) in [6.07, 6.45) is 0. The summed E-state index contributed by atoms with van der Waals surface area (Å²) in [6.45, 7) is 0.389. The summed E-state index contributed by atoms with van der Waals surface area (Å²) in [4.78, 5) is 34.1. The van der Waals surface area contributed by atoms with E-state index in [9.17, 15) is 9.59 Å². The minimum atomic E-state index is -0.380. The molecule has 0 fully saturated rings. The van der Waals surface area contributed by atoms with Crippen molar-refractivity contribution in [3.05, 3.63) is 70.4 Å². The molecule has 6 nitrogen and oxygen atoms in total. The van der Waals surface area contributed by atoms with Gasteiger partial charge in [-0.25, -0.2) is 9.78 Å². The quantitative estimate of drug-likeness (QED) is 0.278. The summed E-state index contributed by atoms with van der Waals surface area (Å²) in [5, 5.41) is 7.67. The molecule has 0 aliphatic rings. The molecular formula is C22H19N3O3S3. The molecule has 0 radical (unpaired) electrons. The molecule has 1 aromatic carbocycles. The van der Waals surface area contributed by atoms with Crippen molar-refractivity contribution in [1.82, 2.24) is 15.3 Å².